The Morgan fingerprint density at radius 2 is 2.07 bits per heavy atom. The zero-order valence-electron chi connectivity index (χ0n) is 8.82. The van der Waals surface area contributed by atoms with Crippen molar-refractivity contribution in [2.24, 2.45) is 5.73 Å². The Morgan fingerprint density at radius 3 is 2.67 bits per heavy atom. The molecule has 0 bridgehead atoms. The molecule has 0 saturated carbocycles. The van der Waals surface area contributed by atoms with Gasteiger partial charge in [-0.1, -0.05) is 0 Å². The summed E-state index contributed by atoms with van der Waals surface area (Å²) in [4.78, 5) is 8.51. The summed E-state index contributed by atoms with van der Waals surface area (Å²) in [7, 11) is 0. The molecule has 0 aromatic carbocycles. The van der Waals surface area contributed by atoms with Crippen LogP contribution in [0, 0.1) is 13.8 Å². The zero-order valence-corrected chi connectivity index (χ0v) is 8.82. The standard InChI is InChI=1S/C11H13N3O/c1-7-5-9(14-11(6-12)13-7)10-4-3-8(2)15-10/h3-5H,6,12H2,1-2H3. The van der Waals surface area contributed by atoms with Crippen molar-refractivity contribution in [1.29, 1.82) is 0 Å². The second-order valence-corrected chi connectivity index (χ2v) is 3.43. The maximum Gasteiger partial charge on any atom is 0.152 e. The summed E-state index contributed by atoms with van der Waals surface area (Å²) >= 11 is 0. The minimum absolute atomic E-state index is 0.342. The van der Waals surface area contributed by atoms with Crippen LogP contribution < -0.4 is 5.73 Å². The van der Waals surface area contributed by atoms with E-state index in [2.05, 4.69) is 9.97 Å². The van der Waals surface area contributed by atoms with E-state index in [1.54, 1.807) is 0 Å². The maximum atomic E-state index is 5.52. The van der Waals surface area contributed by atoms with Crippen molar-refractivity contribution in [2.75, 3.05) is 0 Å². The summed E-state index contributed by atoms with van der Waals surface area (Å²) in [6, 6.07) is 5.70. The molecule has 0 amide bonds. The normalized spacial score (nSPS) is 10.6. The Bertz CT molecular complexity index is 476. The van der Waals surface area contributed by atoms with Crippen LogP contribution in [0.25, 0.3) is 11.5 Å². The van der Waals surface area contributed by atoms with Gasteiger partial charge in [-0.3, -0.25) is 0 Å². The van der Waals surface area contributed by atoms with Crippen molar-refractivity contribution < 1.29 is 4.42 Å². The third kappa shape index (κ3) is 2.05. The van der Waals surface area contributed by atoms with Crippen LogP contribution >= 0.6 is 0 Å². The van der Waals surface area contributed by atoms with E-state index < -0.39 is 0 Å². The molecular weight excluding hydrogens is 190 g/mol. The van der Waals surface area contributed by atoms with Crippen molar-refractivity contribution >= 4 is 0 Å². The quantitative estimate of drug-likeness (QED) is 0.808. The Morgan fingerprint density at radius 1 is 1.27 bits per heavy atom. The Kier molecular flexibility index (Phi) is 2.51. The van der Waals surface area contributed by atoms with Crippen molar-refractivity contribution in [1.82, 2.24) is 9.97 Å². The topological polar surface area (TPSA) is 64.9 Å². The van der Waals surface area contributed by atoms with Gasteiger partial charge in [-0.2, -0.15) is 0 Å². The van der Waals surface area contributed by atoms with Crippen molar-refractivity contribution in [3.8, 4) is 11.5 Å². The molecule has 0 aliphatic carbocycles. The highest BCUT2D eigenvalue weighted by Crippen LogP contribution is 2.20. The number of furan rings is 1. The fraction of sp³-hybridized carbons (Fsp3) is 0.273. The van der Waals surface area contributed by atoms with Gasteiger partial charge < -0.3 is 10.2 Å². The summed E-state index contributed by atoms with van der Waals surface area (Å²) < 4.78 is 5.49. The third-order valence-corrected chi connectivity index (χ3v) is 2.08. The van der Waals surface area contributed by atoms with Gasteiger partial charge in [0.25, 0.3) is 0 Å². The van der Waals surface area contributed by atoms with E-state index in [0.717, 1.165) is 22.9 Å². The SMILES string of the molecule is Cc1cc(-c2ccc(C)o2)nc(CN)n1. The van der Waals surface area contributed by atoms with Crippen LogP contribution in [0.2, 0.25) is 0 Å². The minimum Gasteiger partial charge on any atom is -0.460 e. The Labute approximate surface area is 88.2 Å². The second kappa shape index (κ2) is 3.82. The lowest BCUT2D eigenvalue weighted by Crippen LogP contribution is -2.04. The summed E-state index contributed by atoms with van der Waals surface area (Å²) in [6.45, 7) is 4.16. The molecule has 2 heterocycles. The van der Waals surface area contributed by atoms with E-state index in [1.807, 2.05) is 32.0 Å². The molecule has 2 aromatic heterocycles. The lowest BCUT2D eigenvalue weighted by Gasteiger charge is -2.01. The van der Waals surface area contributed by atoms with E-state index in [-0.39, 0.29) is 0 Å². The average Bonchev–Trinajstić information content (AvgIpc) is 2.64. The van der Waals surface area contributed by atoms with Crippen molar-refractivity contribution in [3.05, 3.63) is 35.5 Å². The van der Waals surface area contributed by atoms with Gasteiger partial charge in [0.2, 0.25) is 0 Å². The molecule has 0 saturated heterocycles. The van der Waals surface area contributed by atoms with Crippen LogP contribution in [0.4, 0.5) is 0 Å². The predicted octanol–water partition coefficient (Wildman–Crippen LogP) is 1.81. The highest BCUT2D eigenvalue weighted by atomic mass is 16.3. The van der Waals surface area contributed by atoms with Crippen LogP contribution in [0.15, 0.2) is 22.6 Å². The highest BCUT2D eigenvalue weighted by molar-refractivity contribution is 5.52. The van der Waals surface area contributed by atoms with E-state index in [1.165, 1.54) is 0 Å². The summed E-state index contributed by atoms with van der Waals surface area (Å²) in [5, 5.41) is 0. The van der Waals surface area contributed by atoms with E-state index in [0.29, 0.717) is 12.4 Å². The van der Waals surface area contributed by atoms with Gasteiger partial charge in [-0.15, -0.1) is 0 Å². The molecule has 0 atom stereocenters. The van der Waals surface area contributed by atoms with Crippen LogP contribution in [0.1, 0.15) is 17.3 Å². The number of aromatic nitrogens is 2. The molecule has 0 fully saturated rings. The molecule has 2 aromatic rings. The summed E-state index contributed by atoms with van der Waals surface area (Å²) in [5.41, 5.74) is 7.20. The number of hydrogen-bond acceptors (Lipinski definition) is 4. The van der Waals surface area contributed by atoms with Crippen molar-refractivity contribution in [3.63, 3.8) is 0 Å². The molecular formula is C11H13N3O. The van der Waals surface area contributed by atoms with Gasteiger partial charge >= 0.3 is 0 Å². The monoisotopic (exact) mass is 203 g/mol. The smallest absolute Gasteiger partial charge is 0.152 e. The maximum absolute atomic E-state index is 5.52. The van der Waals surface area contributed by atoms with Gasteiger partial charge in [0.15, 0.2) is 5.76 Å². The lowest BCUT2D eigenvalue weighted by molar-refractivity contribution is 0.545. The average molecular weight is 203 g/mol. The number of rotatable bonds is 2. The van der Waals surface area contributed by atoms with Gasteiger partial charge in [-0.25, -0.2) is 9.97 Å². The molecule has 2 rings (SSSR count). The van der Waals surface area contributed by atoms with Gasteiger partial charge in [0, 0.05) is 5.69 Å². The molecule has 0 unspecified atom stereocenters. The van der Waals surface area contributed by atoms with Crippen LogP contribution in [-0.2, 0) is 6.54 Å². The fourth-order valence-electron chi connectivity index (χ4n) is 1.42. The Hall–Kier alpha value is -1.68. The molecule has 15 heavy (non-hydrogen) atoms. The van der Waals surface area contributed by atoms with Gasteiger partial charge in [0.1, 0.15) is 17.3 Å². The first-order valence-electron chi connectivity index (χ1n) is 4.80. The predicted molar refractivity (Wildman–Crippen MR) is 57.1 cm³/mol. The number of nitrogens with two attached hydrogens (primary N) is 1. The Balaban J connectivity index is 2.48. The van der Waals surface area contributed by atoms with E-state index in [4.69, 9.17) is 10.2 Å². The molecule has 0 aliphatic heterocycles. The first-order chi connectivity index (χ1) is 7.19. The first-order valence-corrected chi connectivity index (χ1v) is 4.80. The first kappa shape index (κ1) is 9.86. The molecule has 2 N–H and O–H groups in total. The lowest BCUT2D eigenvalue weighted by atomic mass is 10.2. The number of hydrogen-bond donors (Lipinski definition) is 1. The van der Waals surface area contributed by atoms with Gasteiger partial charge in [0.05, 0.1) is 6.54 Å². The van der Waals surface area contributed by atoms with Crippen molar-refractivity contribution in [2.45, 2.75) is 20.4 Å². The van der Waals surface area contributed by atoms with Crippen LogP contribution in [-0.4, -0.2) is 9.97 Å². The third-order valence-electron chi connectivity index (χ3n) is 2.08. The molecule has 0 aliphatic rings. The van der Waals surface area contributed by atoms with Crippen LogP contribution in [0.3, 0.4) is 0 Å². The summed E-state index contributed by atoms with van der Waals surface area (Å²) in [5.74, 6) is 2.27. The second-order valence-electron chi connectivity index (χ2n) is 3.43. The molecule has 4 nitrogen and oxygen atoms in total. The van der Waals surface area contributed by atoms with E-state index >= 15 is 0 Å². The minimum atomic E-state index is 0.342. The number of aryl methyl sites for hydroxylation is 2. The molecule has 0 spiro atoms. The summed E-state index contributed by atoms with van der Waals surface area (Å²) in [6.07, 6.45) is 0. The number of nitrogens with zero attached hydrogens (tertiary/aromatic N) is 2. The molecule has 0 radical (unpaired) electrons. The van der Waals surface area contributed by atoms with Gasteiger partial charge in [-0.05, 0) is 32.0 Å². The van der Waals surface area contributed by atoms with E-state index in [9.17, 15) is 0 Å². The zero-order chi connectivity index (χ0) is 10.8. The highest BCUT2D eigenvalue weighted by Gasteiger charge is 2.06. The molecule has 78 valence electrons. The largest absolute Gasteiger partial charge is 0.460 e. The fourth-order valence-corrected chi connectivity index (χ4v) is 1.42. The van der Waals surface area contributed by atoms with Crippen LogP contribution in [0.5, 0.6) is 0 Å². The molecule has 4 heteroatoms.